The normalized spacial score (nSPS) is 12.7. The second kappa shape index (κ2) is 10.1. The lowest BCUT2D eigenvalue weighted by molar-refractivity contribution is -0.137. The lowest BCUT2D eigenvalue weighted by Gasteiger charge is -2.25. The van der Waals surface area contributed by atoms with Crippen molar-refractivity contribution < 1.29 is 26.4 Å². The molecule has 9 heteroatoms. The summed E-state index contributed by atoms with van der Waals surface area (Å²) in [6.07, 6.45) is -4.66. The van der Waals surface area contributed by atoms with E-state index in [2.05, 4.69) is 5.32 Å². The van der Waals surface area contributed by atoms with Gasteiger partial charge in [-0.3, -0.25) is 9.10 Å². The van der Waals surface area contributed by atoms with Gasteiger partial charge in [0.1, 0.15) is 6.54 Å². The summed E-state index contributed by atoms with van der Waals surface area (Å²) >= 11 is 0. The third-order valence-corrected chi connectivity index (χ3v) is 6.84. The smallest absolute Gasteiger partial charge is 0.354 e. The van der Waals surface area contributed by atoms with Crippen LogP contribution in [0.25, 0.3) is 0 Å². The molecule has 0 fully saturated rings. The van der Waals surface area contributed by atoms with Crippen LogP contribution in [0.4, 0.5) is 18.9 Å². The number of alkyl halides is 3. The molecule has 0 heterocycles. The lowest BCUT2D eigenvalue weighted by Crippen LogP contribution is -2.41. The van der Waals surface area contributed by atoms with Crippen molar-refractivity contribution >= 4 is 21.6 Å². The number of nitrogens with zero attached hydrogens (tertiary/aromatic N) is 1. The largest absolute Gasteiger partial charge is 0.416 e. The third kappa shape index (κ3) is 6.13. The van der Waals surface area contributed by atoms with Crippen LogP contribution in [0.5, 0.6) is 0 Å². The van der Waals surface area contributed by atoms with E-state index in [1.54, 1.807) is 6.07 Å². The third-order valence-electron chi connectivity index (χ3n) is 5.05. The Balaban J connectivity index is 1.87. The summed E-state index contributed by atoms with van der Waals surface area (Å²) in [5.41, 5.74) is -0.268. The monoisotopic (exact) mass is 476 g/mol. The number of rotatable bonds is 8. The topological polar surface area (TPSA) is 66.5 Å². The molecule has 1 amide bonds. The summed E-state index contributed by atoms with van der Waals surface area (Å²) in [5, 5.41) is 2.68. The maximum Gasteiger partial charge on any atom is 0.416 e. The molecule has 3 aromatic carbocycles. The maximum absolute atomic E-state index is 13.3. The number of sulfonamides is 1. The van der Waals surface area contributed by atoms with Gasteiger partial charge in [-0.1, -0.05) is 61.5 Å². The van der Waals surface area contributed by atoms with Gasteiger partial charge >= 0.3 is 6.18 Å². The van der Waals surface area contributed by atoms with Gasteiger partial charge in [0, 0.05) is 6.54 Å². The van der Waals surface area contributed by atoms with Gasteiger partial charge in [0.05, 0.1) is 16.1 Å². The molecule has 5 nitrogen and oxygen atoms in total. The number of amides is 1. The van der Waals surface area contributed by atoms with Gasteiger partial charge in [-0.25, -0.2) is 8.42 Å². The summed E-state index contributed by atoms with van der Waals surface area (Å²) in [6, 6.07) is 20.6. The number of hydrogen-bond acceptors (Lipinski definition) is 3. The molecular formula is C24H23F3N2O3S. The highest BCUT2D eigenvalue weighted by molar-refractivity contribution is 7.92. The van der Waals surface area contributed by atoms with Crippen molar-refractivity contribution in [3.63, 3.8) is 0 Å². The zero-order valence-corrected chi connectivity index (χ0v) is 18.6. The van der Waals surface area contributed by atoms with Crippen molar-refractivity contribution in [1.29, 1.82) is 0 Å². The number of carbonyl (C=O) groups is 1. The van der Waals surface area contributed by atoms with Gasteiger partial charge < -0.3 is 5.32 Å². The van der Waals surface area contributed by atoms with Crippen LogP contribution in [0.2, 0.25) is 0 Å². The molecule has 0 radical (unpaired) electrons. The van der Waals surface area contributed by atoms with Crippen LogP contribution in [0.15, 0.2) is 89.8 Å². The summed E-state index contributed by atoms with van der Waals surface area (Å²) in [5.74, 6) is -0.669. The molecule has 174 valence electrons. The van der Waals surface area contributed by atoms with E-state index in [1.165, 1.54) is 30.3 Å². The fourth-order valence-corrected chi connectivity index (χ4v) is 4.66. The molecule has 33 heavy (non-hydrogen) atoms. The Morgan fingerprint density at radius 3 is 2.15 bits per heavy atom. The lowest BCUT2D eigenvalue weighted by atomic mass is 10.0. The van der Waals surface area contributed by atoms with Gasteiger partial charge in [-0.05, 0) is 41.8 Å². The molecule has 1 atom stereocenters. The first kappa shape index (κ1) is 24.3. The van der Waals surface area contributed by atoms with Crippen LogP contribution in [0, 0.1) is 0 Å². The van der Waals surface area contributed by atoms with Gasteiger partial charge in [-0.15, -0.1) is 0 Å². The second-order valence-corrected chi connectivity index (χ2v) is 9.35. The Hall–Kier alpha value is -3.33. The van der Waals surface area contributed by atoms with E-state index in [9.17, 15) is 26.4 Å². The van der Waals surface area contributed by atoms with Crippen molar-refractivity contribution in [1.82, 2.24) is 5.32 Å². The Kier molecular flexibility index (Phi) is 7.43. The van der Waals surface area contributed by atoms with E-state index >= 15 is 0 Å². The Morgan fingerprint density at radius 1 is 0.939 bits per heavy atom. The minimum absolute atomic E-state index is 0.0390. The SMILES string of the molecule is C[C@H](CNC(=O)CN(c1cccc(C(F)(F)F)c1)S(=O)(=O)c1ccccc1)c1ccccc1. The Morgan fingerprint density at radius 2 is 1.55 bits per heavy atom. The van der Waals surface area contributed by atoms with Crippen molar-refractivity contribution in [2.45, 2.75) is 23.9 Å². The van der Waals surface area contributed by atoms with Crippen molar-refractivity contribution in [3.05, 3.63) is 96.1 Å². The minimum Gasteiger partial charge on any atom is -0.354 e. The van der Waals surface area contributed by atoms with Crippen molar-refractivity contribution in [2.75, 3.05) is 17.4 Å². The highest BCUT2D eigenvalue weighted by atomic mass is 32.2. The van der Waals surface area contributed by atoms with Gasteiger partial charge in [0.2, 0.25) is 5.91 Å². The number of anilines is 1. The molecule has 1 N–H and O–H groups in total. The van der Waals surface area contributed by atoms with Crippen molar-refractivity contribution in [2.24, 2.45) is 0 Å². The molecule has 0 bridgehead atoms. The predicted molar refractivity (Wildman–Crippen MR) is 120 cm³/mol. The summed E-state index contributed by atoms with van der Waals surface area (Å²) in [7, 11) is -4.30. The summed E-state index contributed by atoms with van der Waals surface area (Å²) in [6.45, 7) is 1.48. The van der Waals surface area contributed by atoms with Gasteiger partial charge in [0.25, 0.3) is 10.0 Å². The summed E-state index contributed by atoms with van der Waals surface area (Å²) < 4.78 is 66.9. The minimum atomic E-state index is -4.66. The van der Waals surface area contributed by atoms with E-state index in [-0.39, 0.29) is 23.0 Å². The van der Waals surface area contributed by atoms with Crippen LogP contribution >= 0.6 is 0 Å². The van der Waals surface area contributed by atoms with E-state index in [4.69, 9.17) is 0 Å². The van der Waals surface area contributed by atoms with E-state index in [0.29, 0.717) is 4.31 Å². The second-order valence-electron chi connectivity index (χ2n) is 7.49. The van der Waals surface area contributed by atoms with Crippen LogP contribution < -0.4 is 9.62 Å². The molecule has 3 aromatic rings. The average Bonchev–Trinajstić information content (AvgIpc) is 2.81. The zero-order chi connectivity index (χ0) is 24.1. The van der Waals surface area contributed by atoms with Gasteiger partial charge in [0.15, 0.2) is 0 Å². The van der Waals surface area contributed by atoms with E-state index in [1.807, 2.05) is 37.3 Å². The molecular weight excluding hydrogens is 453 g/mol. The van der Waals surface area contributed by atoms with E-state index < -0.39 is 34.2 Å². The van der Waals surface area contributed by atoms with Crippen molar-refractivity contribution in [3.8, 4) is 0 Å². The molecule has 0 saturated carbocycles. The first-order valence-electron chi connectivity index (χ1n) is 10.2. The Labute approximate surface area is 190 Å². The molecule has 0 unspecified atom stereocenters. The summed E-state index contributed by atoms with van der Waals surface area (Å²) in [4.78, 5) is 12.6. The molecule has 0 aromatic heterocycles. The first-order valence-corrected chi connectivity index (χ1v) is 11.6. The quantitative estimate of drug-likeness (QED) is 0.507. The predicted octanol–water partition coefficient (Wildman–Crippen LogP) is 4.82. The number of carbonyl (C=O) groups excluding carboxylic acids is 1. The number of benzene rings is 3. The van der Waals surface area contributed by atoms with Gasteiger partial charge in [-0.2, -0.15) is 13.2 Å². The fourth-order valence-electron chi connectivity index (χ4n) is 3.22. The maximum atomic E-state index is 13.3. The highest BCUT2D eigenvalue weighted by Crippen LogP contribution is 2.33. The van der Waals surface area contributed by atoms with E-state index in [0.717, 1.165) is 23.8 Å². The molecule has 0 aliphatic rings. The molecule has 3 rings (SSSR count). The zero-order valence-electron chi connectivity index (χ0n) is 17.8. The number of halogens is 3. The fraction of sp³-hybridized carbons (Fsp3) is 0.208. The number of hydrogen-bond donors (Lipinski definition) is 1. The average molecular weight is 477 g/mol. The molecule has 0 spiro atoms. The Bertz CT molecular complexity index is 1180. The van der Waals surface area contributed by atoms with Crippen LogP contribution in [-0.2, 0) is 21.0 Å². The molecule has 0 aliphatic carbocycles. The van der Waals surface area contributed by atoms with Crippen LogP contribution in [0.3, 0.4) is 0 Å². The first-order chi connectivity index (χ1) is 15.6. The van der Waals surface area contributed by atoms with Crippen LogP contribution in [0.1, 0.15) is 24.0 Å². The number of nitrogens with one attached hydrogen (secondary N) is 1. The molecule has 0 saturated heterocycles. The van der Waals surface area contributed by atoms with Crippen LogP contribution in [-0.4, -0.2) is 27.4 Å². The highest BCUT2D eigenvalue weighted by Gasteiger charge is 2.33. The standard InChI is InChI=1S/C24H23F3N2O3S/c1-18(19-9-4-2-5-10-19)16-28-23(30)17-29(33(31,32)22-13-6-3-7-14-22)21-12-8-11-20(15-21)24(25,26)27/h2-15,18H,16-17H2,1H3,(H,28,30)/t18-/m1/s1. The molecule has 0 aliphatic heterocycles.